The van der Waals surface area contributed by atoms with Gasteiger partial charge in [-0.2, -0.15) is 18.2 Å². The molecular formula is C20H24F3N7O3. The number of rotatable bonds is 5. The molecule has 1 atom stereocenters. The number of aromatic nitrogens is 5. The summed E-state index contributed by atoms with van der Waals surface area (Å²) in [6.07, 6.45) is 1.94. The molecule has 1 fully saturated rings. The number of pyridine rings is 1. The summed E-state index contributed by atoms with van der Waals surface area (Å²) in [5, 5.41) is 9.94. The molecule has 10 nitrogen and oxygen atoms in total. The molecule has 0 radical (unpaired) electrons. The zero-order valence-electron chi connectivity index (χ0n) is 18.0. The number of carbonyl (C=O) groups is 1. The number of nitrogens with one attached hydrogen (secondary N) is 1. The average molecular weight is 467 g/mol. The molecule has 4 heterocycles. The van der Waals surface area contributed by atoms with E-state index < -0.39 is 12.2 Å². The van der Waals surface area contributed by atoms with Gasteiger partial charge in [-0.15, -0.1) is 0 Å². The van der Waals surface area contributed by atoms with Crippen LogP contribution in [0.4, 0.5) is 30.8 Å². The van der Waals surface area contributed by atoms with Gasteiger partial charge in [0.1, 0.15) is 23.2 Å². The summed E-state index contributed by atoms with van der Waals surface area (Å²) >= 11 is 0. The van der Waals surface area contributed by atoms with Crippen molar-refractivity contribution in [2.45, 2.75) is 38.1 Å². The van der Waals surface area contributed by atoms with Gasteiger partial charge in [0.05, 0.1) is 24.1 Å². The Balaban J connectivity index is 0.000000968. The van der Waals surface area contributed by atoms with Crippen molar-refractivity contribution in [1.29, 1.82) is 0 Å². The standard InChI is InChI=1S/C19H22F3N7O.CH2O2/c1-12(19(20,21)22)29-11-25-14-10-24-17(9-15(14)29)26-16-3-6-23-18(27-16)28-7-4-13(30-2)5-8-28;2-1-3/h3,6,9-13H,4-5,7-8H2,1-2H3,(H,23,24,26,27);1H,(H,2,3). The lowest BCUT2D eigenvalue weighted by atomic mass is 10.1. The summed E-state index contributed by atoms with van der Waals surface area (Å²) < 4.78 is 45.9. The van der Waals surface area contributed by atoms with Gasteiger partial charge >= 0.3 is 6.18 Å². The summed E-state index contributed by atoms with van der Waals surface area (Å²) in [4.78, 5) is 27.6. The minimum atomic E-state index is -4.37. The van der Waals surface area contributed by atoms with Crippen LogP contribution in [0.3, 0.4) is 0 Å². The van der Waals surface area contributed by atoms with Gasteiger partial charge < -0.3 is 24.6 Å². The Morgan fingerprint density at radius 3 is 2.58 bits per heavy atom. The molecule has 1 aliphatic heterocycles. The normalized spacial score (nSPS) is 15.6. The van der Waals surface area contributed by atoms with Gasteiger partial charge in [0.25, 0.3) is 6.47 Å². The second-order valence-electron chi connectivity index (χ2n) is 7.32. The Morgan fingerprint density at radius 2 is 1.94 bits per heavy atom. The second kappa shape index (κ2) is 10.4. The van der Waals surface area contributed by atoms with Crippen molar-refractivity contribution in [3.63, 3.8) is 0 Å². The Bertz CT molecular complexity index is 1070. The number of methoxy groups -OCH3 is 1. The molecule has 1 saturated heterocycles. The molecule has 2 N–H and O–H groups in total. The number of hydrogen-bond donors (Lipinski definition) is 2. The van der Waals surface area contributed by atoms with Gasteiger partial charge in [0.2, 0.25) is 5.95 Å². The van der Waals surface area contributed by atoms with Crippen LogP contribution in [0.25, 0.3) is 11.0 Å². The van der Waals surface area contributed by atoms with E-state index >= 15 is 0 Å². The predicted molar refractivity (Wildman–Crippen MR) is 115 cm³/mol. The molecule has 0 saturated carbocycles. The van der Waals surface area contributed by atoms with Crippen LogP contribution in [0, 0.1) is 0 Å². The van der Waals surface area contributed by atoms with Crippen molar-refractivity contribution in [3.8, 4) is 0 Å². The van der Waals surface area contributed by atoms with Crippen molar-refractivity contribution in [2.75, 3.05) is 30.4 Å². The largest absolute Gasteiger partial charge is 0.483 e. The first-order chi connectivity index (χ1) is 15.8. The summed E-state index contributed by atoms with van der Waals surface area (Å²) in [7, 11) is 1.71. The first-order valence-corrected chi connectivity index (χ1v) is 10.1. The Labute approximate surface area is 187 Å². The smallest absolute Gasteiger partial charge is 0.408 e. The van der Waals surface area contributed by atoms with Crippen LogP contribution in [0.5, 0.6) is 0 Å². The van der Waals surface area contributed by atoms with E-state index in [2.05, 4.69) is 30.2 Å². The maximum absolute atomic E-state index is 13.1. The molecule has 4 rings (SSSR count). The van der Waals surface area contributed by atoms with E-state index in [-0.39, 0.29) is 12.6 Å². The fraction of sp³-hybridized carbons (Fsp3) is 0.450. The highest BCUT2D eigenvalue weighted by atomic mass is 19.4. The van der Waals surface area contributed by atoms with Crippen LogP contribution in [0.15, 0.2) is 30.9 Å². The molecule has 3 aromatic rings. The minimum absolute atomic E-state index is 0.250. The number of ether oxygens (including phenoxy) is 1. The van der Waals surface area contributed by atoms with Crippen LogP contribution >= 0.6 is 0 Å². The van der Waals surface area contributed by atoms with E-state index in [1.165, 1.54) is 18.6 Å². The van der Waals surface area contributed by atoms with E-state index in [4.69, 9.17) is 14.6 Å². The number of anilines is 3. The number of imidazole rings is 1. The molecule has 0 bridgehead atoms. The van der Waals surface area contributed by atoms with Crippen molar-refractivity contribution in [3.05, 3.63) is 30.9 Å². The lowest BCUT2D eigenvalue weighted by Gasteiger charge is -2.31. The van der Waals surface area contributed by atoms with Gasteiger partial charge in [-0.3, -0.25) is 4.79 Å². The van der Waals surface area contributed by atoms with Gasteiger partial charge in [0, 0.05) is 32.5 Å². The van der Waals surface area contributed by atoms with E-state index in [1.807, 2.05) is 0 Å². The van der Waals surface area contributed by atoms with Crippen molar-refractivity contribution < 1.29 is 27.8 Å². The van der Waals surface area contributed by atoms with Crippen LogP contribution < -0.4 is 10.2 Å². The van der Waals surface area contributed by atoms with Crippen LogP contribution in [-0.2, 0) is 9.53 Å². The van der Waals surface area contributed by atoms with Crippen LogP contribution in [0.2, 0.25) is 0 Å². The number of fused-ring (bicyclic) bond motifs is 1. The third-order valence-corrected chi connectivity index (χ3v) is 5.31. The monoisotopic (exact) mass is 467 g/mol. The predicted octanol–water partition coefficient (Wildman–Crippen LogP) is 3.40. The quantitative estimate of drug-likeness (QED) is 0.544. The zero-order valence-corrected chi connectivity index (χ0v) is 18.0. The van der Waals surface area contributed by atoms with E-state index in [1.54, 1.807) is 19.4 Å². The third kappa shape index (κ3) is 5.86. The van der Waals surface area contributed by atoms with E-state index in [9.17, 15) is 13.2 Å². The fourth-order valence-corrected chi connectivity index (χ4v) is 3.46. The topological polar surface area (TPSA) is 118 Å². The highest BCUT2D eigenvalue weighted by molar-refractivity contribution is 5.78. The van der Waals surface area contributed by atoms with Crippen LogP contribution in [-0.4, -0.2) is 68.6 Å². The highest BCUT2D eigenvalue weighted by Gasteiger charge is 2.38. The molecule has 0 aliphatic carbocycles. The molecule has 1 aliphatic rings. The summed E-state index contributed by atoms with van der Waals surface area (Å²) in [6.45, 7) is 2.43. The number of alkyl halides is 3. The van der Waals surface area contributed by atoms with Crippen molar-refractivity contribution >= 4 is 35.1 Å². The minimum Gasteiger partial charge on any atom is -0.483 e. The fourth-order valence-electron chi connectivity index (χ4n) is 3.46. The molecular weight excluding hydrogens is 443 g/mol. The van der Waals surface area contributed by atoms with E-state index in [0.717, 1.165) is 37.4 Å². The SMILES string of the molecule is COC1CCN(c2nccc(Nc3cc4c(cn3)ncn4C(C)C(F)(F)F)n2)CC1.O=CO. The Kier molecular flexibility index (Phi) is 7.63. The average Bonchev–Trinajstić information content (AvgIpc) is 3.22. The number of carboxylic acid groups (broad SMARTS) is 1. The third-order valence-electron chi connectivity index (χ3n) is 5.31. The Hall–Kier alpha value is -3.48. The summed E-state index contributed by atoms with van der Waals surface area (Å²) in [5.74, 6) is 1.48. The second-order valence-corrected chi connectivity index (χ2v) is 7.32. The number of piperidine rings is 1. The molecule has 33 heavy (non-hydrogen) atoms. The number of nitrogens with zero attached hydrogens (tertiary/aromatic N) is 6. The van der Waals surface area contributed by atoms with E-state index in [0.29, 0.717) is 28.6 Å². The van der Waals surface area contributed by atoms with Gasteiger partial charge in [-0.05, 0) is 25.8 Å². The summed E-state index contributed by atoms with van der Waals surface area (Å²) in [6, 6.07) is 1.53. The number of halogens is 3. The first kappa shape index (κ1) is 24.2. The molecule has 13 heteroatoms. The Morgan fingerprint density at radius 1 is 1.24 bits per heavy atom. The molecule has 178 valence electrons. The summed E-state index contributed by atoms with van der Waals surface area (Å²) in [5.41, 5.74) is 0.731. The lowest BCUT2D eigenvalue weighted by Crippen LogP contribution is -2.37. The first-order valence-electron chi connectivity index (χ1n) is 10.1. The molecule has 0 amide bonds. The maximum Gasteiger partial charge on any atom is 0.408 e. The van der Waals surface area contributed by atoms with Crippen molar-refractivity contribution in [1.82, 2.24) is 24.5 Å². The van der Waals surface area contributed by atoms with Crippen LogP contribution in [0.1, 0.15) is 25.8 Å². The van der Waals surface area contributed by atoms with Gasteiger partial charge in [-0.1, -0.05) is 0 Å². The molecule has 0 spiro atoms. The number of hydrogen-bond acceptors (Lipinski definition) is 8. The van der Waals surface area contributed by atoms with Gasteiger partial charge in [0.15, 0.2) is 0 Å². The molecule has 1 unspecified atom stereocenters. The molecule has 3 aromatic heterocycles. The molecule has 0 aromatic carbocycles. The maximum atomic E-state index is 13.1. The lowest BCUT2D eigenvalue weighted by molar-refractivity contribution is -0.162. The zero-order chi connectivity index (χ0) is 24.0. The highest BCUT2D eigenvalue weighted by Crippen LogP contribution is 2.32. The van der Waals surface area contributed by atoms with Gasteiger partial charge in [-0.25, -0.2) is 15.0 Å². The van der Waals surface area contributed by atoms with Crippen molar-refractivity contribution in [2.24, 2.45) is 0 Å².